The van der Waals surface area contributed by atoms with Crippen molar-refractivity contribution < 1.29 is 14.3 Å². The number of imide groups is 1. The monoisotopic (exact) mass is 389 g/mol. The Balaban J connectivity index is 2.27. The number of carbonyl (C=O) groups excluding carboxylic acids is 2. The first-order chi connectivity index (χ1) is 10.9. The Hall–Kier alpha value is -1.46. The second kappa shape index (κ2) is 5.87. The van der Waals surface area contributed by atoms with Crippen molar-refractivity contribution in [2.24, 2.45) is 0 Å². The third-order valence-electron chi connectivity index (χ3n) is 3.43. The summed E-state index contributed by atoms with van der Waals surface area (Å²) in [5.41, 5.74) is 0.143. The number of rotatable bonds is 2. The fourth-order valence-electron chi connectivity index (χ4n) is 2.38. The zero-order valence-corrected chi connectivity index (χ0v) is 14.5. The molecule has 1 heterocycles. The van der Waals surface area contributed by atoms with E-state index in [1.807, 2.05) is 0 Å². The molecule has 0 saturated carbocycles. The van der Waals surface area contributed by atoms with Gasteiger partial charge in [0.2, 0.25) is 0 Å². The molecule has 0 N–H and O–H groups in total. The molecule has 0 unspecified atom stereocenters. The summed E-state index contributed by atoms with van der Waals surface area (Å²) in [7, 11) is 1.44. The van der Waals surface area contributed by atoms with Crippen molar-refractivity contribution in [3.63, 3.8) is 0 Å². The third-order valence-corrected chi connectivity index (χ3v) is 5.23. The van der Waals surface area contributed by atoms with Crippen LogP contribution >= 0.6 is 46.4 Å². The number of ether oxygens (including phenoxy) is 1. The summed E-state index contributed by atoms with van der Waals surface area (Å²) in [6, 6.07) is 6.59. The van der Waals surface area contributed by atoms with E-state index in [1.165, 1.54) is 7.11 Å². The molecular weight excluding hydrogens is 384 g/mol. The van der Waals surface area contributed by atoms with Gasteiger partial charge in [-0.2, -0.15) is 0 Å². The van der Waals surface area contributed by atoms with Crippen molar-refractivity contribution in [1.29, 1.82) is 0 Å². The molecule has 0 bridgehead atoms. The van der Waals surface area contributed by atoms with E-state index in [1.54, 1.807) is 24.3 Å². The zero-order chi connectivity index (χ0) is 16.9. The standard InChI is InChI=1S/C15H7Cl4NO3/c1-23-7-5-3-2-4-6(7)20-14(21)8-9(15(20)22)11(17)13(19)12(18)10(8)16/h2-5H,1H3. The highest BCUT2D eigenvalue weighted by Crippen LogP contribution is 2.46. The van der Waals surface area contributed by atoms with Gasteiger partial charge in [0.05, 0.1) is 44.0 Å². The van der Waals surface area contributed by atoms with Gasteiger partial charge in [-0.15, -0.1) is 0 Å². The molecule has 0 radical (unpaired) electrons. The SMILES string of the molecule is COc1ccccc1N1C(=O)c2c(Cl)c(Cl)c(Cl)c(Cl)c2C1=O. The number of hydrogen-bond donors (Lipinski definition) is 0. The molecule has 0 saturated heterocycles. The number of para-hydroxylation sites is 2. The zero-order valence-electron chi connectivity index (χ0n) is 11.5. The summed E-state index contributed by atoms with van der Waals surface area (Å²) in [6.07, 6.45) is 0. The maximum atomic E-state index is 12.7. The van der Waals surface area contributed by atoms with Crippen LogP contribution in [0.5, 0.6) is 5.75 Å². The number of amides is 2. The summed E-state index contributed by atoms with van der Waals surface area (Å²) in [6.45, 7) is 0. The molecule has 2 amide bonds. The van der Waals surface area contributed by atoms with Crippen molar-refractivity contribution in [2.45, 2.75) is 0 Å². The molecule has 3 rings (SSSR count). The number of carbonyl (C=O) groups is 2. The minimum atomic E-state index is -0.639. The van der Waals surface area contributed by atoms with E-state index in [0.29, 0.717) is 5.75 Å². The summed E-state index contributed by atoms with van der Waals surface area (Å²) in [4.78, 5) is 26.4. The van der Waals surface area contributed by atoms with Gasteiger partial charge in [-0.25, -0.2) is 4.90 Å². The molecule has 0 aromatic heterocycles. The smallest absolute Gasteiger partial charge is 0.267 e. The van der Waals surface area contributed by atoms with E-state index >= 15 is 0 Å². The average molecular weight is 391 g/mol. The van der Waals surface area contributed by atoms with Crippen molar-refractivity contribution in [3.8, 4) is 5.75 Å². The number of methoxy groups -OCH3 is 1. The highest BCUT2D eigenvalue weighted by molar-refractivity contribution is 6.56. The predicted octanol–water partition coefficient (Wildman–Crippen LogP) is 5.11. The summed E-state index contributed by atoms with van der Waals surface area (Å²) in [5.74, 6) is -0.925. The largest absolute Gasteiger partial charge is 0.495 e. The highest BCUT2D eigenvalue weighted by atomic mass is 35.5. The molecule has 23 heavy (non-hydrogen) atoms. The Labute approximate surface area is 151 Å². The lowest BCUT2D eigenvalue weighted by atomic mass is 10.1. The fourth-order valence-corrected chi connectivity index (χ4v) is 3.40. The summed E-state index contributed by atoms with van der Waals surface area (Å²) in [5, 5.41) is -0.348. The Morgan fingerprint density at radius 1 is 0.826 bits per heavy atom. The first-order valence-electron chi connectivity index (χ1n) is 6.27. The van der Waals surface area contributed by atoms with Gasteiger partial charge in [-0.1, -0.05) is 58.5 Å². The fraction of sp³-hybridized carbons (Fsp3) is 0.0667. The number of halogens is 4. The van der Waals surface area contributed by atoms with Gasteiger partial charge in [-0.05, 0) is 12.1 Å². The molecule has 118 valence electrons. The Morgan fingerprint density at radius 2 is 1.30 bits per heavy atom. The number of benzene rings is 2. The highest BCUT2D eigenvalue weighted by Gasteiger charge is 2.43. The van der Waals surface area contributed by atoms with Crippen molar-refractivity contribution in [2.75, 3.05) is 12.0 Å². The van der Waals surface area contributed by atoms with E-state index in [4.69, 9.17) is 51.1 Å². The molecule has 8 heteroatoms. The predicted molar refractivity (Wildman–Crippen MR) is 90.6 cm³/mol. The maximum Gasteiger partial charge on any atom is 0.267 e. The average Bonchev–Trinajstić information content (AvgIpc) is 2.81. The number of anilines is 1. The topological polar surface area (TPSA) is 46.6 Å². The van der Waals surface area contributed by atoms with Crippen molar-refractivity contribution in [1.82, 2.24) is 0 Å². The Bertz CT molecular complexity index is 819. The lowest BCUT2D eigenvalue weighted by Crippen LogP contribution is -2.29. The van der Waals surface area contributed by atoms with Crippen LogP contribution in [0.1, 0.15) is 20.7 Å². The molecule has 0 aliphatic carbocycles. The van der Waals surface area contributed by atoms with Crippen LogP contribution < -0.4 is 9.64 Å². The number of fused-ring (bicyclic) bond motifs is 1. The van der Waals surface area contributed by atoms with Crippen molar-refractivity contribution >= 4 is 63.9 Å². The maximum absolute atomic E-state index is 12.7. The summed E-state index contributed by atoms with van der Waals surface area (Å²) < 4.78 is 5.20. The van der Waals surface area contributed by atoms with Crippen LogP contribution in [0.25, 0.3) is 0 Å². The Kier molecular flexibility index (Phi) is 4.19. The number of nitrogens with zero attached hydrogens (tertiary/aromatic N) is 1. The molecule has 0 atom stereocenters. The van der Waals surface area contributed by atoms with E-state index in [2.05, 4.69) is 0 Å². The van der Waals surface area contributed by atoms with Gasteiger partial charge in [-0.3, -0.25) is 9.59 Å². The van der Waals surface area contributed by atoms with Crippen LogP contribution in [0.15, 0.2) is 24.3 Å². The minimum Gasteiger partial charge on any atom is -0.495 e. The quantitative estimate of drug-likeness (QED) is 0.406. The van der Waals surface area contributed by atoms with Gasteiger partial charge in [0.1, 0.15) is 5.75 Å². The minimum absolute atomic E-state index is 0.0676. The van der Waals surface area contributed by atoms with Gasteiger partial charge in [0, 0.05) is 0 Å². The van der Waals surface area contributed by atoms with Crippen LogP contribution in [0.2, 0.25) is 20.1 Å². The second-order valence-electron chi connectivity index (χ2n) is 4.62. The van der Waals surface area contributed by atoms with E-state index in [0.717, 1.165) is 4.90 Å². The van der Waals surface area contributed by atoms with Gasteiger partial charge >= 0.3 is 0 Å². The second-order valence-corrected chi connectivity index (χ2v) is 6.14. The lowest BCUT2D eigenvalue weighted by Gasteiger charge is -2.17. The van der Waals surface area contributed by atoms with Gasteiger partial charge in [0.15, 0.2) is 0 Å². The molecular formula is C15H7Cl4NO3. The Morgan fingerprint density at radius 3 is 1.78 bits per heavy atom. The van der Waals surface area contributed by atoms with Crippen LogP contribution in [0.4, 0.5) is 5.69 Å². The molecule has 4 nitrogen and oxygen atoms in total. The van der Waals surface area contributed by atoms with Gasteiger partial charge in [0.25, 0.3) is 11.8 Å². The normalized spacial score (nSPS) is 13.5. The first-order valence-corrected chi connectivity index (χ1v) is 7.79. The molecule has 1 aliphatic heterocycles. The van der Waals surface area contributed by atoms with E-state index in [9.17, 15) is 9.59 Å². The summed E-state index contributed by atoms with van der Waals surface area (Å²) >= 11 is 24.1. The molecule has 1 aliphatic rings. The first kappa shape index (κ1) is 16.4. The van der Waals surface area contributed by atoms with Crippen LogP contribution in [-0.4, -0.2) is 18.9 Å². The van der Waals surface area contributed by atoms with Gasteiger partial charge < -0.3 is 4.74 Å². The van der Waals surface area contributed by atoms with Crippen LogP contribution in [-0.2, 0) is 0 Å². The van der Waals surface area contributed by atoms with Crippen molar-refractivity contribution in [3.05, 3.63) is 55.5 Å². The number of hydrogen-bond acceptors (Lipinski definition) is 3. The molecule has 0 fully saturated rings. The third kappa shape index (κ3) is 2.29. The molecule has 2 aromatic carbocycles. The van der Waals surface area contributed by atoms with Crippen LogP contribution in [0, 0.1) is 0 Å². The molecule has 0 spiro atoms. The van der Waals surface area contributed by atoms with Crippen LogP contribution in [0.3, 0.4) is 0 Å². The molecule has 2 aromatic rings. The van der Waals surface area contributed by atoms with E-state index in [-0.39, 0.29) is 36.9 Å². The lowest BCUT2D eigenvalue weighted by molar-refractivity contribution is 0.0925. The van der Waals surface area contributed by atoms with E-state index < -0.39 is 11.8 Å².